The number of halogens is 4. The quantitative estimate of drug-likeness (QED) is 0.450. The van der Waals surface area contributed by atoms with Gasteiger partial charge in [-0.3, -0.25) is 19.7 Å². The highest BCUT2D eigenvalue weighted by molar-refractivity contribution is 6.05. The van der Waals surface area contributed by atoms with Crippen LogP contribution in [0.1, 0.15) is 45.5 Å². The first-order valence-electron chi connectivity index (χ1n) is 10.6. The number of aryl methyl sites for hydroxylation is 1. The number of hydrogen-bond acceptors (Lipinski definition) is 4. The lowest BCUT2D eigenvalue weighted by Crippen LogP contribution is -2.52. The van der Waals surface area contributed by atoms with Gasteiger partial charge >= 0.3 is 12.2 Å². The molecule has 2 heterocycles. The average molecular weight is 492 g/mol. The third kappa shape index (κ3) is 4.81. The van der Waals surface area contributed by atoms with Gasteiger partial charge in [-0.2, -0.15) is 13.2 Å². The minimum absolute atomic E-state index is 0.0711. The molecule has 12 heteroatoms. The second-order valence-corrected chi connectivity index (χ2v) is 8.30. The van der Waals surface area contributed by atoms with Crippen molar-refractivity contribution in [2.24, 2.45) is 0 Å². The van der Waals surface area contributed by atoms with Crippen molar-refractivity contribution >= 4 is 29.4 Å². The van der Waals surface area contributed by atoms with Crippen LogP contribution in [-0.4, -0.2) is 34.7 Å². The summed E-state index contributed by atoms with van der Waals surface area (Å²) in [5, 5.41) is 7.03. The summed E-state index contributed by atoms with van der Waals surface area (Å²) in [6, 6.07) is 3.98. The number of rotatable bonds is 4. The first-order valence-corrected chi connectivity index (χ1v) is 10.6. The normalized spacial score (nSPS) is 17.8. The summed E-state index contributed by atoms with van der Waals surface area (Å²) in [7, 11) is 0. The minimum atomic E-state index is -4.51. The largest absolute Gasteiger partial charge is 0.416 e. The van der Waals surface area contributed by atoms with Crippen molar-refractivity contribution < 1.29 is 36.7 Å². The number of amides is 5. The number of hydrogen-bond donors (Lipinski definition) is 3. The maximum atomic E-state index is 15.1. The number of nitrogens with one attached hydrogen (secondary N) is 3. The number of carbonyl (C=O) groups is 4. The van der Waals surface area contributed by atoms with Gasteiger partial charge in [-0.25, -0.2) is 9.18 Å². The number of imide groups is 1. The standard InChI is InChI=1S/C23H20F4N4O4/c1-11-8-13(23(25,26)27)3-5-16(11)29-22(35)28-9-12-2-4-14-15(19(12)24)10-31(21(14)34)17-6-7-18(32)30-20(17)33/h2-5,8,17H,6-7,9-10H2,1H3,(H2,28,29,35)(H,30,32,33). The van der Waals surface area contributed by atoms with Crippen molar-refractivity contribution in [3.05, 3.63) is 64.0 Å². The van der Waals surface area contributed by atoms with Gasteiger partial charge in [0.2, 0.25) is 11.8 Å². The highest BCUT2D eigenvalue weighted by Gasteiger charge is 2.40. The van der Waals surface area contributed by atoms with Crippen LogP contribution in [0.3, 0.4) is 0 Å². The van der Waals surface area contributed by atoms with Crippen molar-refractivity contribution in [3.63, 3.8) is 0 Å². The molecule has 2 aliphatic rings. The smallest absolute Gasteiger partial charge is 0.334 e. The van der Waals surface area contributed by atoms with Crippen LogP contribution in [0.5, 0.6) is 0 Å². The van der Waals surface area contributed by atoms with E-state index in [4.69, 9.17) is 0 Å². The molecule has 0 saturated carbocycles. The molecular weight excluding hydrogens is 472 g/mol. The van der Waals surface area contributed by atoms with Gasteiger partial charge in [0.25, 0.3) is 5.91 Å². The van der Waals surface area contributed by atoms with Crippen molar-refractivity contribution in [1.29, 1.82) is 0 Å². The van der Waals surface area contributed by atoms with Crippen LogP contribution >= 0.6 is 0 Å². The van der Waals surface area contributed by atoms with E-state index in [9.17, 15) is 32.3 Å². The van der Waals surface area contributed by atoms with E-state index in [1.165, 1.54) is 24.0 Å². The van der Waals surface area contributed by atoms with E-state index in [0.29, 0.717) is 0 Å². The lowest BCUT2D eigenvalue weighted by atomic mass is 10.0. The fourth-order valence-corrected chi connectivity index (χ4v) is 4.11. The Morgan fingerprint density at radius 2 is 1.91 bits per heavy atom. The Hall–Kier alpha value is -3.96. The Morgan fingerprint density at radius 3 is 2.57 bits per heavy atom. The molecule has 1 fully saturated rings. The van der Waals surface area contributed by atoms with Gasteiger partial charge in [-0.1, -0.05) is 6.07 Å². The number of benzene rings is 2. The van der Waals surface area contributed by atoms with Gasteiger partial charge < -0.3 is 15.5 Å². The summed E-state index contributed by atoms with van der Waals surface area (Å²) in [5.74, 6) is -2.28. The molecule has 0 radical (unpaired) electrons. The van der Waals surface area contributed by atoms with Crippen LogP contribution in [0.15, 0.2) is 30.3 Å². The molecule has 0 aromatic heterocycles. The molecule has 0 aliphatic carbocycles. The van der Waals surface area contributed by atoms with E-state index in [0.717, 1.165) is 18.2 Å². The zero-order chi connectivity index (χ0) is 25.5. The highest BCUT2D eigenvalue weighted by atomic mass is 19.4. The predicted molar refractivity (Wildman–Crippen MR) is 114 cm³/mol. The zero-order valence-corrected chi connectivity index (χ0v) is 18.4. The van der Waals surface area contributed by atoms with Crippen molar-refractivity contribution in [2.45, 2.75) is 45.1 Å². The van der Waals surface area contributed by atoms with Gasteiger partial charge in [0.1, 0.15) is 11.9 Å². The number of anilines is 1. The maximum Gasteiger partial charge on any atom is 0.416 e. The van der Waals surface area contributed by atoms with Crippen LogP contribution < -0.4 is 16.0 Å². The van der Waals surface area contributed by atoms with E-state index in [1.807, 2.05) is 0 Å². The summed E-state index contributed by atoms with van der Waals surface area (Å²) < 4.78 is 53.5. The van der Waals surface area contributed by atoms with Gasteiger partial charge in [0.05, 0.1) is 12.1 Å². The number of piperidine rings is 1. The predicted octanol–water partition coefficient (Wildman–Crippen LogP) is 3.24. The molecule has 2 aliphatic heterocycles. The highest BCUT2D eigenvalue weighted by Crippen LogP contribution is 2.32. The van der Waals surface area contributed by atoms with E-state index in [2.05, 4.69) is 16.0 Å². The summed E-state index contributed by atoms with van der Waals surface area (Å²) in [5.41, 5.74) is -0.219. The molecule has 2 aromatic rings. The average Bonchev–Trinajstić information content (AvgIpc) is 3.11. The molecule has 0 bridgehead atoms. The van der Waals surface area contributed by atoms with Crippen molar-refractivity contribution in [2.75, 3.05) is 5.32 Å². The zero-order valence-electron chi connectivity index (χ0n) is 18.4. The number of carbonyl (C=O) groups excluding carboxylic acids is 4. The Balaban J connectivity index is 1.42. The lowest BCUT2D eigenvalue weighted by molar-refractivity contribution is -0.138. The number of nitrogens with zero attached hydrogens (tertiary/aromatic N) is 1. The third-order valence-electron chi connectivity index (χ3n) is 5.97. The maximum absolute atomic E-state index is 15.1. The fraction of sp³-hybridized carbons (Fsp3) is 0.304. The van der Waals surface area contributed by atoms with Crippen molar-refractivity contribution in [1.82, 2.24) is 15.5 Å². The van der Waals surface area contributed by atoms with Crippen LogP contribution in [0.25, 0.3) is 0 Å². The molecule has 3 N–H and O–H groups in total. The summed E-state index contributed by atoms with van der Waals surface area (Å²) in [4.78, 5) is 49.7. The number of alkyl halides is 3. The van der Waals surface area contributed by atoms with E-state index in [1.54, 1.807) is 0 Å². The fourth-order valence-electron chi connectivity index (χ4n) is 4.11. The summed E-state index contributed by atoms with van der Waals surface area (Å²) >= 11 is 0. The molecule has 0 spiro atoms. The second-order valence-electron chi connectivity index (χ2n) is 8.30. The number of fused-ring (bicyclic) bond motifs is 1. The number of urea groups is 1. The molecule has 35 heavy (non-hydrogen) atoms. The molecule has 1 unspecified atom stereocenters. The lowest BCUT2D eigenvalue weighted by Gasteiger charge is -2.29. The minimum Gasteiger partial charge on any atom is -0.334 e. The van der Waals surface area contributed by atoms with E-state index < -0.39 is 47.4 Å². The van der Waals surface area contributed by atoms with Crippen molar-refractivity contribution in [3.8, 4) is 0 Å². The topological polar surface area (TPSA) is 108 Å². The molecule has 184 valence electrons. The summed E-state index contributed by atoms with van der Waals surface area (Å²) in [6.07, 6.45) is -4.29. The first-order chi connectivity index (χ1) is 16.5. The van der Waals surface area contributed by atoms with Crippen LogP contribution in [0.2, 0.25) is 0 Å². The van der Waals surface area contributed by atoms with Gasteiger partial charge in [-0.15, -0.1) is 0 Å². The van der Waals surface area contributed by atoms with Gasteiger partial charge in [0, 0.05) is 35.3 Å². The van der Waals surface area contributed by atoms with Crippen LogP contribution in [0, 0.1) is 12.7 Å². The Bertz CT molecular complexity index is 1240. The van der Waals surface area contributed by atoms with Crippen LogP contribution in [-0.2, 0) is 28.9 Å². The third-order valence-corrected chi connectivity index (χ3v) is 5.97. The molecule has 1 atom stereocenters. The monoisotopic (exact) mass is 492 g/mol. The SMILES string of the molecule is Cc1cc(C(F)(F)F)ccc1NC(=O)NCc1ccc2c(c1F)CN(C1CCC(=O)NC1=O)C2=O. The Labute approximate surface area is 196 Å². The second kappa shape index (κ2) is 9.01. The summed E-state index contributed by atoms with van der Waals surface area (Å²) in [6.45, 7) is 1.00. The molecular formula is C23H20F4N4O4. The van der Waals surface area contributed by atoms with E-state index >= 15 is 4.39 Å². The molecule has 4 rings (SSSR count). The van der Waals surface area contributed by atoms with E-state index in [-0.39, 0.29) is 53.9 Å². The molecule has 5 amide bonds. The first kappa shape index (κ1) is 24.2. The Morgan fingerprint density at radius 1 is 1.17 bits per heavy atom. The molecule has 8 nitrogen and oxygen atoms in total. The van der Waals surface area contributed by atoms with Gasteiger partial charge in [-0.05, 0) is 43.2 Å². The molecule has 1 saturated heterocycles. The van der Waals surface area contributed by atoms with Gasteiger partial charge in [0.15, 0.2) is 0 Å². The molecule has 2 aromatic carbocycles. The van der Waals surface area contributed by atoms with Crippen LogP contribution in [0.4, 0.5) is 28.0 Å². The Kier molecular flexibility index (Phi) is 6.22.